The molecule has 0 aromatic heterocycles. The minimum Gasteiger partial charge on any atom is -0.493 e. The van der Waals surface area contributed by atoms with Crippen LogP contribution in [-0.2, 0) is 11.2 Å². The van der Waals surface area contributed by atoms with Gasteiger partial charge in [-0.15, -0.1) is 0 Å². The second-order valence-corrected chi connectivity index (χ2v) is 10.4. The zero-order chi connectivity index (χ0) is 28.4. The van der Waals surface area contributed by atoms with Crippen LogP contribution in [0.4, 0.5) is 5.69 Å². The van der Waals surface area contributed by atoms with E-state index >= 15 is 0 Å². The maximum Gasteiger partial charge on any atom is 0.303 e. The molecule has 3 aromatic rings. The summed E-state index contributed by atoms with van der Waals surface area (Å²) in [7, 11) is 0. The number of hydrogen-bond acceptors (Lipinski definition) is 4. The van der Waals surface area contributed by atoms with E-state index in [0.29, 0.717) is 29.3 Å². The first-order valence-corrected chi connectivity index (χ1v) is 13.8. The minimum absolute atomic E-state index is 0.0177. The molecule has 0 spiro atoms. The van der Waals surface area contributed by atoms with Crippen molar-refractivity contribution in [2.45, 2.75) is 72.8 Å². The first-order valence-electron chi connectivity index (χ1n) is 13.8. The summed E-state index contributed by atoms with van der Waals surface area (Å²) in [4.78, 5) is 23.9. The molecule has 3 aromatic carbocycles. The van der Waals surface area contributed by atoms with E-state index in [1.54, 1.807) is 24.3 Å². The van der Waals surface area contributed by atoms with Gasteiger partial charge in [0, 0.05) is 12.1 Å². The van der Waals surface area contributed by atoms with Gasteiger partial charge in [0.15, 0.2) is 0 Å². The third-order valence-electron chi connectivity index (χ3n) is 6.73. The number of benzene rings is 3. The van der Waals surface area contributed by atoms with E-state index in [-0.39, 0.29) is 25.0 Å². The third kappa shape index (κ3) is 8.60. The largest absolute Gasteiger partial charge is 0.493 e. The number of rotatable bonds is 14. The fourth-order valence-electron chi connectivity index (χ4n) is 4.48. The maximum atomic E-state index is 13.2. The van der Waals surface area contributed by atoms with Gasteiger partial charge in [-0.2, -0.15) is 0 Å². The van der Waals surface area contributed by atoms with Gasteiger partial charge in [0.25, 0.3) is 5.91 Å². The van der Waals surface area contributed by atoms with Gasteiger partial charge in [-0.25, -0.2) is 0 Å². The lowest BCUT2D eigenvalue weighted by molar-refractivity contribution is -0.137. The zero-order valence-electron chi connectivity index (χ0n) is 23.8. The summed E-state index contributed by atoms with van der Waals surface area (Å²) >= 11 is 0. The molecule has 0 saturated heterocycles. The molecular formula is C33H41NO5. The second kappa shape index (κ2) is 14.4. The third-order valence-corrected chi connectivity index (χ3v) is 6.73. The van der Waals surface area contributed by atoms with Crippen molar-refractivity contribution in [3.05, 3.63) is 88.5 Å². The Labute approximate surface area is 232 Å². The van der Waals surface area contributed by atoms with Crippen LogP contribution in [0.3, 0.4) is 0 Å². The van der Waals surface area contributed by atoms with Gasteiger partial charge in [0.1, 0.15) is 17.6 Å². The van der Waals surface area contributed by atoms with Crippen LogP contribution in [0.25, 0.3) is 0 Å². The van der Waals surface area contributed by atoms with Crippen molar-refractivity contribution in [2.24, 2.45) is 5.92 Å². The standard InChI is InChI=1S/C33H41NO5/c1-6-10-30(26-16-14-25(15-17-26)21-22(2)3)39-29-19-18-28(23(4)24(29)5)34-33(37)27-11-7-8-12-31(27)38-20-9-13-32(35)36/h7-8,11-12,14-19,22,30H,6,9-10,13,20-21H2,1-5H3,(H,34,37)(H,35,36). The number of ether oxygens (including phenoxy) is 2. The molecule has 0 aliphatic carbocycles. The molecule has 0 radical (unpaired) electrons. The molecule has 6 nitrogen and oxygen atoms in total. The topological polar surface area (TPSA) is 84.9 Å². The Morgan fingerprint density at radius 2 is 1.64 bits per heavy atom. The Morgan fingerprint density at radius 3 is 2.31 bits per heavy atom. The molecule has 1 amide bonds. The molecule has 1 unspecified atom stereocenters. The van der Waals surface area contributed by atoms with Gasteiger partial charge in [-0.1, -0.05) is 63.6 Å². The second-order valence-electron chi connectivity index (χ2n) is 10.4. The lowest BCUT2D eigenvalue weighted by Crippen LogP contribution is -2.15. The van der Waals surface area contributed by atoms with Crippen LogP contribution in [0.5, 0.6) is 11.5 Å². The number of carboxylic acids is 1. The van der Waals surface area contributed by atoms with E-state index in [0.717, 1.165) is 36.1 Å². The van der Waals surface area contributed by atoms with Crippen LogP contribution >= 0.6 is 0 Å². The van der Waals surface area contributed by atoms with Crippen LogP contribution in [-0.4, -0.2) is 23.6 Å². The average molecular weight is 532 g/mol. The number of anilines is 1. The summed E-state index contributed by atoms with van der Waals surface area (Å²) in [6.07, 6.45) is 3.31. The van der Waals surface area contributed by atoms with E-state index in [1.807, 2.05) is 26.0 Å². The highest BCUT2D eigenvalue weighted by Crippen LogP contribution is 2.33. The molecule has 0 bridgehead atoms. The number of hydrogen-bond donors (Lipinski definition) is 2. The van der Waals surface area contributed by atoms with Crippen molar-refractivity contribution in [1.82, 2.24) is 0 Å². The van der Waals surface area contributed by atoms with Crippen molar-refractivity contribution >= 4 is 17.6 Å². The van der Waals surface area contributed by atoms with Crippen molar-refractivity contribution in [1.29, 1.82) is 0 Å². The molecule has 0 aliphatic heterocycles. The molecule has 0 heterocycles. The number of para-hydroxylation sites is 1. The van der Waals surface area contributed by atoms with E-state index in [2.05, 4.69) is 50.4 Å². The molecule has 0 fully saturated rings. The van der Waals surface area contributed by atoms with Crippen molar-refractivity contribution in [3.8, 4) is 11.5 Å². The summed E-state index contributed by atoms with van der Waals surface area (Å²) in [5.41, 5.74) is 5.51. The quantitative estimate of drug-likeness (QED) is 0.206. The smallest absolute Gasteiger partial charge is 0.303 e. The number of carbonyl (C=O) groups excluding carboxylic acids is 1. The fraction of sp³-hybridized carbons (Fsp3) is 0.394. The molecule has 0 saturated carbocycles. The van der Waals surface area contributed by atoms with Crippen molar-refractivity contribution in [3.63, 3.8) is 0 Å². The van der Waals surface area contributed by atoms with E-state index in [1.165, 1.54) is 11.1 Å². The van der Waals surface area contributed by atoms with Crippen LogP contribution in [0, 0.1) is 19.8 Å². The predicted molar refractivity (Wildman–Crippen MR) is 156 cm³/mol. The van der Waals surface area contributed by atoms with Crippen LogP contribution in [0.2, 0.25) is 0 Å². The Hall–Kier alpha value is -3.80. The summed E-state index contributed by atoms with van der Waals surface area (Å²) in [6, 6.07) is 19.5. The molecular weight excluding hydrogens is 490 g/mol. The Kier molecular flexibility index (Phi) is 11.0. The van der Waals surface area contributed by atoms with Gasteiger partial charge in [0.2, 0.25) is 0 Å². The maximum absolute atomic E-state index is 13.2. The zero-order valence-corrected chi connectivity index (χ0v) is 23.8. The van der Waals surface area contributed by atoms with Gasteiger partial charge in [-0.05, 0) is 85.5 Å². The number of carbonyl (C=O) groups is 2. The summed E-state index contributed by atoms with van der Waals surface area (Å²) in [5.74, 6) is 0.690. The number of amides is 1. The predicted octanol–water partition coefficient (Wildman–Crippen LogP) is 7.92. The van der Waals surface area contributed by atoms with Gasteiger partial charge in [-0.3, -0.25) is 9.59 Å². The lowest BCUT2D eigenvalue weighted by atomic mass is 9.98. The summed E-state index contributed by atoms with van der Waals surface area (Å²) < 4.78 is 12.2. The van der Waals surface area contributed by atoms with Crippen molar-refractivity contribution in [2.75, 3.05) is 11.9 Å². The van der Waals surface area contributed by atoms with Crippen molar-refractivity contribution < 1.29 is 24.2 Å². The summed E-state index contributed by atoms with van der Waals surface area (Å²) in [5, 5.41) is 11.8. The molecule has 3 rings (SSSR count). The SMILES string of the molecule is CCCC(Oc1ccc(NC(=O)c2ccccc2OCCCC(=O)O)c(C)c1C)c1ccc(CC(C)C)cc1. The van der Waals surface area contributed by atoms with Crippen LogP contribution in [0.1, 0.15) is 85.2 Å². The highest BCUT2D eigenvalue weighted by molar-refractivity contribution is 6.06. The number of aliphatic carboxylic acids is 1. The summed E-state index contributed by atoms with van der Waals surface area (Å²) in [6.45, 7) is 10.8. The minimum atomic E-state index is -0.872. The fourth-order valence-corrected chi connectivity index (χ4v) is 4.48. The molecule has 1 atom stereocenters. The van der Waals surface area contributed by atoms with Crippen LogP contribution < -0.4 is 14.8 Å². The molecule has 6 heteroatoms. The lowest BCUT2D eigenvalue weighted by Gasteiger charge is -2.22. The Balaban J connectivity index is 1.73. The molecule has 0 aliphatic rings. The highest BCUT2D eigenvalue weighted by atomic mass is 16.5. The Bertz CT molecular complexity index is 1250. The average Bonchev–Trinajstić information content (AvgIpc) is 2.90. The Morgan fingerprint density at radius 1 is 0.923 bits per heavy atom. The molecule has 208 valence electrons. The van der Waals surface area contributed by atoms with Gasteiger partial charge >= 0.3 is 5.97 Å². The first-order chi connectivity index (χ1) is 18.7. The van der Waals surface area contributed by atoms with E-state index in [9.17, 15) is 9.59 Å². The first kappa shape index (κ1) is 29.8. The molecule has 39 heavy (non-hydrogen) atoms. The molecule has 2 N–H and O–H groups in total. The van der Waals surface area contributed by atoms with Crippen LogP contribution in [0.15, 0.2) is 60.7 Å². The van der Waals surface area contributed by atoms with Gasteiger partial charge < -0.3 is 19.9 Å². The van der Waals surface area contributed by atoms with E-state index in [4.69, 9.17) is 14.6 Å². The van der Waals surface area contributed by atoms with E-state index < -0.39 is 5.97 Å². The monoisotopic (exact) mass is 531 g/mol. The number of carboxylic acid groups (broad SMARTS) is 1. The normalized spacial score (nSPS) is 11.7. The van der Waals surface area contributed by atoms with Gasteiger partial charge in [0.05, 0.1) is 12.2 Å². The highest BCUT2D eigenvalue weighted by Gasteiger charge is 2.18. The number of nitrogens with one attached hydrogen (secondary N) is 1.